The minimum atomic E-state index is -3.41. The van der Waals surface area contributed by atoms with Gasteiger partial charge in [-0.15, -0.1) is 11.3 Å². The van der Waals surface area contributed by atoms with Gasteiger partial charge in [0.15, 0.2) is 9.84 Å². The molecule has 0 aliphatic carbocycles. The second-order valence-corrected chi connectivity index (χ2v) is 10.2. The standard InChI is InChI=1S/C21H21NO5S2/c1-4-27-21(24)18-16-7-5-6-8-17(16)28-20(18)22-19(23)14-9-11-15(12-10-14)29(25,26)13(2)3/h5-13H,4H2,1-3H3,(H,22,23). The van der Waals surface area contributed by atoms with Crippen molar-refractivity contribution in [2.24, 2.45) is 0 Å². The van der Waals surface area contributed by atoms with Crippen LogP contribution in [-0.2, 0) is 14.6 Å². The van der Waals surface area contributed by atoms with Crippen LogP contribution in [0.25, 0.3) is 10.1 Å². The minimum absolute atomic E-state index is 0.165. The quantitative estimate of drug-likeness (QED) is 0.580. The van der Waals surface area contributed by atoms with Gasteiger partial charge in [0, 0.05) is 15.6 Å². The maximum Gasteiger partial charge on any atom is 0.341 e. The van der Waals surface area contributed by atoms with Crippen LogP contribution in [-0.4, -0.2) is 32.2 Å². The molecule has 2 aromatic carbocycles. The molecule has 29 heavy (non-hydrogen) atoms. The topological polar surface area (TPSA) is 89.5 Å². The highest BCUT2D eigenvalue weighted by atomic mass is 32.2. The summed E-state index contributed by atoms with van der Waals surface area (Å²) in [5.74, 6) is -0.936. The van der Waals surface area contributed by atoms with E-state index >= 15 is 0 Å². The number of rotatable bonds is 6. The Kier molecular flexibility index (Phi) is 6.04. The van der Waals surface area contributed by atoms with E-state index in [1.807, 2.05) is 18.2 Å². The summed E-state index contributed by atoms with van der Waals surface area (Å²) >= 11 is 1.28. The number of sulfone groups is 1. The van der Waals surface area contributed by atoms with Crippen LogP contribution in [0.3, 0.4) is 0 Å². The number of amides is 1. The fourth-order valence-electron chi connectivity index (χ4n) is 2.78. The average molecular weight is 432 g/mol. The summed E-state index contributed by atoms with van der Waals surface area (Å²) in [6, 6.07) is 13.1. The molecule has 6 nitrogen and oxygen atoms in total. The minimum Gasteiger partial charge on any atom is -0.462 e. The Morgan fingerprint density at radius 2 is 1.72 bits per heavy atom. The van der Waals surface area contributed by atoms with Gasteiger partial charge in [0.05, 0.1) is 16.8 Å². The lowest BCUT2D eigenvalue weighted by atomic mass is 10.1. The zero-order valence-corrected chi connectivity index (χ0v) is 17.9. The van der Waals surface area contributed by atoms with E-state index in [2.05, 4.69) is 5.32 Å². The normalized spacial score (nSPS) is 11.6. The molecule has 1 N–H and O–H groups in total. The van der Waals surface area contributed by atoms with Gasteiger partial charge in [0.25, 0.3) is 5.91 Å². The van der Waals surface area contributed by atoms with Crippen LogP contribution in [0.5, 0.6) is 0 Å². The van der Waals surface area contributed by atoms with Crippen LogP contribution >= 0.6 is 11.3 Å². The van der Waals surface area contributed by atoms with Gasteiger partial charge in [-0.1, -0.05) is 18.2 Å². The zero-order valence-electron chi connectivity index (χ0n) is 16.3. The van der Waals surface area contributed by atoms with Gasteiger partial charge in [-0.2, -0.15) is 0 Å². The highest BCUT2D eigenvalue weighted by Crippen LogP contribution is 2.36. The van der Waals surface area contributed by atoms with Gasteiger partial charge in [0.2, 0.25) is 0 Å². The van der Waals surface area contributed by atoms with Crippen molar-refractivity contribution in [2.75, 3.05) is 11.9 Å². The molecule has 1 amide bonds. The number of carbonyl (C=O) groups is 2. The second-order valence-electron chi connectivity index (χ2n) is 6.60. The number of nitrogens with one attached hydrogen (secondary N) is 1. The van der Waals surface area contributed by atoms with Crippen molar-refractivity contribution in [1.29, 1.82) is 0 Å². The first-order chi connectivity index (χ1) is 13.8. The molecule has 1 aromatic heterocycles. The van der Waals surface area contributed by atoms with Crippen LogP contribution in [0, 0.1) is 0 Å². The van der Waals surface area contributed by atoms with Crippen LogP contribution < -0.4 is 5.32 Å². The van der Waals surface area contributed by atoms with Crippen molar-refractivity contribution >= 4 is 48.1 Å². The van der Waals surface area contributed by atoms with Crippen molar-refractivity contribution in [3.63, 3.8) is 0 Å². The Bertz CT molecular complexity index is 1160. The highest BCUT2D eigenvalue weighted by molar-refractivity contribution is 7.92. The molecule has 0 bridgehead atoms. The summed E-state index contributed by atoms with van der Waals surface area (Å²) in [4.78, 5) is 25.3. The molecule has 0 saturated carbocycles. The third-order valence-corrected chi connectivity index (χ3v) is 7.62. The number of hydrogen-bond acceptors (Lipinski definition) is 6. The predicted octanol–water partition coefficient (Wildman–Crippen LogP) is 4.51. The molecule has 0 fully saturated rings. The third-order valence-electron chi connectivity index (χ3n) is 4.37. The zero-order chi connectivity index (χ0) is 21.2. The van der Waals surface area contributed by atoms with Gasteiger partial charge in [-0.3, -0.25) is 4.79 Å². The van der Waals surface area contributed by atoms with Crippen LogP contribution in [0.4, 0.5) is 5.00 Å². The van der Waals surface area contributed by atoms with Gasteiger partial charge >= 0.3 is 5.97 Å². The van der Waals surface area contributed by atoms with Crippen LogP contribution in [0.15, 0.2) is 53.4 Å². The molecule has 152 valence electrons. The number of carbonyl (C=O) groups excluding carboxylic acids is 2. The van der Waals surface area contributed by atoms with E-state index < -0.39 is 27.0 Å². The Balaban J connectivity index is 1.92. The Hall–Kier alpha value is -2.71. The largest absolute Gasteiger partial charge is 0.462 e. The molecule has 0 saturated heterocycles. The monoisotopic (exact) mass is 431 g/mol. The fraction of sp³-hybridized carbons (Fsp3) is 0.238. The maximum atomic E-state index is 12.7. The lowest BCUT2D eigenvalue weighted by Crippen LogP contribution is -2.16. The van der Waals surface area contributed by atoms with Crippen molar-refractivity contribution in [1.82, 2.24) is 0 Å². The van der Waals surface area contributed by atoms with Crippen molar-refractivity contribution in [3.05, 3.63) is 59.7 Å². The molecular formula is C21H21NO5S2. The summed E-state index contributed by atoms with van der Waals surface area (Å²) in [6.07, 6.45) is 0. The lowest BCUT2D eigenvalue weighted by molar-refractivity contribution is 0.0530. The van der Waals surface area contributed by atoms with E-state index in [4.69, 9.17) is 4.74 Å². The highest BCUT2D eigenvalue weighted by Gasteiger charge is 2.23. The molecule has 0 aliphatic heterocycles. The van der Waals surface area contributed by atoms with E-state index in [1.165, 1.54) is 35.6 Å². The molecule has 3 aromatic rings. The number of benzene rings is 2. The van der Waals surface area contributed by atoms with Crippen molar-refractivity contribution in [2.45, 2.75) is 30.9 Å². The molecule has 3 rings (SSSR count). The first-order valence-electron chi connectivity index (χ1n) is 9.09. The van der Waals surface area contributed by atoms with Gasteiger partial charge in [-0.25, -0.2) is 13.2 Å². The van der Waals surface area contributed by atoms with Crippen LogP contribution in [0.1, 0.15) is 41.5 Å². The SMILES string of the molecule is CCOC(=O)c1c(NC(=O)c2ccc(S(=O)(=O)C(C)C)cc2)sc2ccccc12. The number of fused-ring (bicyclic) bond motifs is 1. The van der Waals surface area contributed by atoms with E-state index in [-0.39, 0.29) is 11.5 Å². The Labute approximate surface area is 173 Å². The summed E-state index contributed by atoms with van der Waals surface area (Å²) in [7, 11) is -3.41. The van der Waals surface area contributed by atoms with Gasteiger partial charge in [-0.05, 0) is 51.1 Å². The Morgan fingerprint density at radius 3 is 2.34 bits per heavy atom. The molecular weight excluding hydrogens is 410 g/mol. The van der Waals surface area contributed by atoms with Gasteiger partial charge < -0.3 is 10.1 Å². The summed E-state index contributed by atoms with van der Waals surface area (Å²) in [5.41, 5.74) is 0.611. The average Bonchev–Trinajstić information content (AvgIpc) is 3.06. The predicted molar refractivity (Wildman–Crippen MR) is 114 cm³/mol. The molecule has 0 unspecified atom stereocenters. The van der Waals surface area contributed by atoms with Crippen LogP contribution in [0.2, 0.25) is 0 Å². The maximum absolute atomic E-state index is 12.7. The molecule has 0 spiro atoms. The van der Waals surface area contributed by atoms with E-state index in [1.54, 1.807) is 26.8 Å². The van der Waals surface area contributed by atoms with E-state index in [0.29, 0.717) is 21.5 Å². The fourth-order valence-corrected chi connectivity index (χ4v) is 4.93. The first-order valence-corrected chi connectivity index (χ1v) is 11.5. The molecule has 8 heteroatoms. The molecule has 0 radical (unpaired) electrons. The molecule has 0 atom stereocenters. The van der Waals surface area contributed by atoms with Gasteiger partial charge in [0.1, 0.15) is 10.6 Å². The third kappa shape index (κ3) is 4.18. The number of anilines is 1. The van der Waals surface area contributed by atoms with E-state index in [9.17, 15) is 18.0 Å². The second kappa shape index (κ2) is 8.34. The lowest BCUT2D eigenvalue weighted by Gasteiger charge is -2.09. The van der Waals surface area contributed by atoms with Crippen molar-refractivity contribution < 1.29 is 22.7 Å². The Morgan fingerprint density at radius 1 is 1.07 bits per heavy atom. The summed E-state index contributed by atoms with van der Waals surface area (Å²) < 4.78 is 30.5. The smallest absolute Gasteiger partial charge is 0.341 e. The molecule has 1 heterocycles. The number of ether oxygens (including phenoxy) is 1. The van der Waals surface area contributed by atoms with Crippen molar-refractivity contribution in [3.8, 4) is 0 Å². The molecule has 0 aliphatic rings. The number of hydrogen-bond donors (Lipinski definition) is 1. The van der Waals surface area contributed by atoms with E-state index in [0.717, 1.165) is 4.70 Å². The first kappa shape index (κ1) is 21.0. The number of thiophene rings is 1. The summed E-state index contributed by atoms with van der Waals surface area (Å²) in [6.45, 7) is 5.16. The summed E-state index contributed by atoms with van der Waals surface area (Å²) in [5, 5.41) is 3.33. The number of esters is 1.